The third-order valence-corrected chi connectivity index (χ3v) is 3.68. The van der Waals surface area contributed by atoms with Gasteiger partial charge in [0.1, 0.15) is 17.2 Å². The molecule has 1 aromatic carbocycles. The van der Waals surface area contributed by atoms with Crippen molar-refractivity contribution in [2.45, 2.75) is 25.7 Å². The van der Waals surface area contributed by atoms with Crippen molar-refractivity contribution in [1.82, 2.24) is 0 Å². The van der Waals surface area contributed by atoms with Gasteiger partial charge in [-0.15, -0.1) is 0 Å². The molecule has 1 aliphatic carbocycles. The minimum Gasteiger partial charge on any atom is -0.322 e. The van der Waals surface area contributed by atoms with E-state index >= 15 is 0 Å². The fourth-order valence-electron chi connectivity index (χ4n) is 2.54. The van der Waals surface area contributed by atoms with Crippen LogP contribution >= 0.6 is 0 Å². The lowest BCUT2D eigenvalue weighted by molar-refractivity contribution is -0.112. The lowest BCUT2D eigenvalue weighted by Crippen LogP contribution is -2.16. The maximum atomic E-state index is 13.5. The van der Waals surface area contributed by atoms with Gasteiger partial charge >= 0.3 is 0 Å². The molecule has 1 N–H and O–H groups in total. The molecule has 3 nitrogen and oxygen atoms in total. The molecule has 0 aromatic heterocycles. The summed E-state index contributed by atoms with van der Waals surface area (Å²) in [6.45, 7) is 6.13. The van der Waals surface area contributed by atoms with E-state index in [9.17, 15) is 18.4 Å². The van der Waals surface area contributed by atoms with Gasteiger partial charge in [-0.1, -0.05) is 13.2 Å². The van der Waals surface area contributed by atoms with E-state index in [2.05, 4.69) is 18.5 Å². The SMILES string of the molecule is C=C/C(F)=C(\C(=C)F)C(=O)Nc1ccc2c(c1)CCCCC2=O. The Hall–Kier alpha value is -2.56. The Morgan fingerprint density at radius 2 is 1.91 bits per heavy atom. The van der Waals surface area contributed by atoms with E-state index in [-0.39, 0.29) is 5.78 Å². The second kappa shape index (κ2) is 7.13. The molecule has 0 heterocycles. The number of allylic oxidation sites excluding steroid dienone is 2. The highest BCUT2D eigenvalue weighted by atomic mass is 19.1. The smallest absolute Gasteiger partial charge is 0.261 e. The summed E-state index contributed by atoms with van der Waals surface area (Å²) in [6.07, 6.45) is 3.69. The molecule has 0 aliphatic heterocycles. The van der Waals surface area contributed by atoms with Gasteiger partial charge in [0.15, 0.2) is 5.78 Å². The Morgan fingerprint density at radius 1 is 1.22 bits per heavy atom. The molecule has 0 unspecified atom stereocenters. The van der Waals surface area contributed by atoms with Gasteiger partial charge in [-0.2, -0.15) is 0 Å². The lowest BCUT2D eigenvalue weighted by Gasteiger charge is -2.11. The van der Waals surface area contributed by atoms with Crippen LogP contribution < -0.4 is 5.32 Å². The first-order valence-corrected chi connectivity index (χ1v) is 7.28. The normalized spacial score (nSPS) is 15.1. The number of anilines is 1. The third-order valence-electron chi connectivity index (χ3n) is 3.68. The monoisotopic (exact) mass is 317 g/mol. The van der Waals surface area contributed by atoms with Crippen molar-refractivity contribution in [3.63, 3.8) is 0 Å². The Kier molecular flexibility index (Phi) is 5.21. The van der Waals surface area contributed by atoms with Crippen LogP contribution in [0.2, 0.25) is 0 Å². The highest BCUT2D eigenvalue weighted by Gasteiger charge is 2.20. The third kappa shape index (κ3) is 3.80. The average Bonchev–Trinajstić information content (AvgIpc) is 2.68. The minimum absolute atomic E-state index is 0.0748. The van der Waals surface area contributed by atoms with Gasteiger partial charge in [-0.05, 0) is 49.1 Å². The quantitative estimate of drug-likeness (QED) is 0.507. The zero-order valence-electron chi connectivity index (χ0n) is 12.6. The van der Waals surface area contributed by atoms with Crippen molar-refractivity contribution >= 4 is 17.4 Å². The summed E-state index contributed by atoms with van der Waals surface area (Å²) in [5.41, 5.74) is 1.06. The highest BCUT2D eigenvalue weighted by molar-refractivity contribution is 6.07. The van der Waals surface area contributed by atoms with Crippen LogP contribution in [0.4, 0.5) is 14.5 Å². The van der Waals surface area contributed by atoms with Crippen LogP contribution in [0.5, 0.6) is 0 Å². The number of nitrogens with one attached hydrogen (secondary N) is 1. The fraction of sp³-hybridized carbons (Fsp3) is 0.222. The maximum absolute atomic E-state index is 13.5. The summed E-state index contributed by atoms with van der Waals surface area (Å²) < 4.78 is 26.8. The molecule has 120 valence electrons. The molecule has 0 atom stereocenters. The van der Waals surface area contributed by atoms with Gasteiger partial charge in [0.2, 0.25) is 0 Å². The van der Waals surface area contributed by atoms with Crippen LogP contribution in [-0.2, 0) is 11.2 Å². The molecule has 2 rings (SSSR count). The van der Waals surface area contributed by atoms with E-state index < -0.39 is 23.1 Å². The van der Waals surface area contributed by atoms with E-state index in [1.54, 1.807) is 18.2 Å². The molecule has 0 fully saturated rings. The second-order valence-corrected chi connectivity index (χ2v) is 5.29. The van der Waals surface area contributed by atoms with Gasteiger partial charge in [0.25, 0.3) is 5.91 Å². The van der Waals surface area contributed by atoms with Crippen molar-refractivity contribution < 1.29 is 18.4 Å². The Morgan fingerprint density at radius 3 is 2.57 bits per heavy atom. The zero-order chi connectivity index (χ0) is 17.0. The molecule has 23 heavy (non-hydrogen) atoms. The number of ketones is 1. The van der Waals surface area contributed by atoms with Crippen molar-refractivity contribution in [3.8, 4) is 0 Å². The number of amides is 1. The van der Waals surface area contributed by atoms with Crippen molar-refractivity contribution in [3.05, 3.63) is 65.8 Å². The van der Waals surface area contributed by atoms with Gasteiger partial charge < -0.3 is 5.32 Å². The van der Waals surface area contributed by atoms with E-state index in [4.69, 9.17) is 0 Å². The number of halogens is 2. The van der Waals surface area contributed by atoms with Crippen LogP contribution in [0.15, 0.2) is 54.7 Å². The topological polar surface area (TPSA) is 46.2 Å². The molecule has 0 saturated carbocycles. The molecule has 0 saturated heterocycles. The number of rotatable bonds is 4. The van der Waals surface area contributed by atoms with E-state index in [1.807, 2.05) is 0 Å². The molecule has 0 spiro atoms. The number of hydrogen-bond acceptors (Lipinski definition) is 2. The first-order valence-electron chi connectivity index (χ1n) is 7.28. The number of carbonyl (C=O) groups is 2. The molecule has 5 heteroatoms. The number of aryl methyl sites for hydroxylation is 1. The number of Topliss-reactive ketones (excluding diaryl/α,β-unsaturated/α-hetero) is 1. The van der Waals surface area contributed by atoms with Crippen LogP contribution in [0.25, 0.3) is 0 Å². The predicted molar refractivity (Wildman–Crippen MR) is 85.5 cm³/mol. The number of hydrogen-bond donors (Lipinski definition) is 1. The largest absolute Gasteiger partial charge is 0.322 e. The molecule has 1 aliphatic rings. The van der Waals surface area contributed by atoms with Gasteiger partial charge in [0, 0.05) is 17.7 Å². The van der Waals surface area contributed by atoms with E-state index in [0.29, 0.717) is 17.7 Å². The molecular weight excluding hydrogens is 300 g/mol. The summed E-state index contributed by atoms with van der Waals surface area (Å²) >= 11 is 0. The number of carbonyl (C=O) groups excluding carboxylic acids is 2. The number of fused-ring (bicyclic) bond motifs is 1. The fourth-order valence-corrected chi connectivity index (χ4v) is 2.54. The minimum atomic E-state index is -1.18. The molecule has 1 aromatic rings. The molecule has 0 radical (unpaired) electrons. The van der Waals surface area contributed by atoms with Crippen LogP contribution in [0.3, 0.4) is 0 Å². The zero-order valence-corrected chi connectivity index (χ0v) is 12.6. The Bertz CT molecular complexity index is 720. The summed E-state index contributed by atoms with van der Waals surface area (Å²) in [5.74, 6) is -3.13. The van der Waals surface area contributed by atoms with E-state index in [1.165, 1.54) is 0 Å². The average molecular weight is 317 g/mol. The molecule has 0 bridgehead atoms. The lowest BCUT2D eigenvalue weighted by atomic mass is 10.0. The van der Waals surface area contributed by atoms with Crippen molar-refractivity contribution in [2.24, 2.45) is 0 Å². The molecule has 1 amide bonds. The maximum Gasteiger partial charge on any atom is 0.261 e. The van der Waals surface area contributed by atoms with Crippen LogP contribution in [0, 0.1) is 0 Å². The Labute approximate surface area is 133 Å². The van der Waals surface area contributed by atoms with Gasteiger partial charge in [-0.25, -0.2) is 8.78 Å². The van der Waals surface area contributed by atoms with E-state index in [0.717, 1.165) is 30.9 Å². The van der Waals surface area contributed by atoms with Crippen molar-refractivity contribution in [2.75, 3.05) is 5.32 Å². The molecular formula is C18H17F2NO2. The first kappa shape index (κ1) is 16.8. The Balaban J connectivity index is 2.29. The summed E-state index contributed by atoms with van der Waals surface area (Å²) in [6, 6.07) is 4.85. The van der Waals surface area contributed by atoms with Crippen LogP contribution in [-0.4, -0.2) is 11.7 Å². The summed E-state index contributed by atoms with van der Waals surface area (Å²) in [5, 5.41) is 2.43. The van der Waals surface area contributed by atoms with Crippen molar-refractivity contribution in [1.29, 1.82) is 0 Å². The van der Waals surface area contributed by atoms with Gasteiger partial charge in [-0.3, -0.25) is 9.59 Å². The predicted octanol–water partition coefficient (Wildman–Crippen LogP) is 4.43. The van der Waals surface area contributed by atoms with Gasteiger partial charge in [0.05, 0.1) is 0 Å². The highest BCUT2D eigenvalue weighted by Crippen LogP contribution is 2.25. The number of benzene rings is 1. The summed E-state index contributed by atoms with van der Waals surface area (Å²) in [4.78, 5) is 24.0. The first-order chi connectivity index (χ1) is 10.9. The summed E-state index contributed by atoms with van der Waals surface area (Å²) in [7, 11) is 0. The van der Waals surface area contributed by atoms with Crippen LogP contribution in [0.1, 0.15) is 35.2 Å². The standard InChI is InChI=1S/C18H17F2NO2/c1-3-15(20)17(11(2)19)18(23)21-13-8-9-14-12(10-13)6-4-5-7-16(14)22/h3,8-10H,1-2,4-7H2,(H,21,23)/b17-15-. The second-order valence-electron chi connectivity index (χ2n) is 5.29.